The van der Waals surface area contributed by atoms with Crippen LogP contribution < -0.4 is 0 Å². The minimum absolute atomic E-state index is 0.0719. The molecule has 0 aromatic heterocycles. The molecule has 0 aromatic carbocycles. The predicted molar refractivity (Wildman–Crippen MR) is 58.1 cm³/mol. The molecule has 1 aliphatic rings. The van der Waals surface area contributed by atoms with E-state index in [1.165, 1.54) is 6.92 Å². The summed E-state index contributed by atoms with van der Waals surface area (Å²) in [6.45, 7) is 1.07. The lowest BCUT2D eigenvalue weighted by Gasteiger charge is -2.23. The van der Waals surface area contributed by atoms with Crippen molar-refractivity contribution in [1.29, 1.82) is 0 Å². The Kier molecular flexibility index (Phi) is 3.78. The van der Waals surface area contributed by atoms with Gasteiger partial charge in [0.25, 0.3) is 0 Å². The standard InChI is InChI=1S/C9H15NO6S/c1-5(17(2,15)16)8(12)10-4-6(11)3-7(10)9(13)14/h5-7,11H,3-4H2,1-2H3,(H,13,14)/t5?,6-,7-/m1/s1. The van der Waals surface area contributed by atoms with Gasteiger partial charge in [0.05, 0.1) is 6.10 Å². The zero-order valence-electron chi connectivity index (χ0n) is 9.53. The number of carbonyl (C=O) groups is 2. The number of carbonyl (C=O) groups excluding carboxylic acids is 1. The van der Waals surface area contributed by atoms with Crippen LogP contribution in [0.2, 0.25) is 0 Å². The summed E-state index contributed by atoms with van der Waals surface area (Å²) in [5.41, 5.74) is 0. The number of aliphatic carboxylic acids is 1. The molecule has 2 N–H and O–H groups in total. The van der Waals surface area contributed by atoms with Crippen LogP contribution in [0.25, 0.3) is 0 Å². The Labute approximate surface area is 98.9 Å². The molecule has 0 aromatic rings. The third kappa shape index (κ3) is 2.95. The number of aliphatic hydroxyl groups excluding tert-OH is 1. The number of amides is 1. The zero-order chi connectivity index (χ0) is 13.4. The van der Waals surface area contributed by atoms with Gasteiger partial charge in [-0.3, -0.25) is 4.79 Å². The topological polar surface area (TPSA) is 112 Å². The van der Waals surface area contributed by atoms with E-state index in [9.17, 15) is 23.1 Å². The minimum Gasteiger partial charge on any atom is -0.480 e. The van der Waals surface area contributed by atoms with Crippen LogP contribution in [0.3, 0.4) is 0 Å². The summed E-state index contributed by atoms with van der Waals surface area (Å²) in [5.74, 6) is -2.02. The molecule has 0 radical (unpaired) electrons. The Bertz CT molecular complexity index is 431. The molecule has 98 valence electrons. The van der Waals surface area contributed by atoms with Crippen LogP contribution in [-0.2, 0) is 19.4 Å². The second kappa shape index (κ2) is 4.61. The molecule has 1 aliphatic heterocycles. The van der Waals surface area contributed by atoms with E-state index in [1.807, 2.05) is 0 Å². The average Bonchev–Trinajstić information content (AvgIpc) is 2.56. The first-order valence-corrected chi connectivity index (χ1v) is 7.00. The summed E-state index contributed by atoms with van der Waals surface area (Å²) in [6, 6.07) is -1.15. The molecule has 0 bridgehead atoms. The van der Waals surface area contributed by atoms with Gasteiger partial charge in [-0.05, 0) is 6.92 Å². The van der Waals surface area contributed by atoms with Crippen LogP contribution in [0.5, 0.6) is 0 Å². The summed E-state index contributed by atoms with van der Waals surface area (Å²) in [7, 11) is -3.57. The first-order chi connectivity index (χ1) is 7.64. The molecule has 1 amide bonds. The molecule has 1 fully saturated rings. The first-order valence-electron chi connectivity index (χ1n) is 5.04. The SMILES string of the molecule is CC(C(=O)N1C[C@H](O)C[C@@H]1C(=O)O)S(C)(=O)=O. The number of sulfone groups is 1. The fourth-order valence-electron chi connectivity index (χ4n) is 1.71. The molecule has 1 heterocycles. The van der Waals surface area contributed by atoms with Crippen molar-refractivity contribution in [1.82, 2.24) is 4.90 Å². The highest BCUT2D eigenvalue weighted by molar-refractivity contribution is 7.92. The van der Waals surface area contributed by atoms with Crippen LogP contribution in [0.1, 0.15) is 13.3 Å². The van der Waals surface area contributed by atoms with E-state index in [0.29, 0.717) is 0 Å². The molecule has 8 heteroatoms. The molecular weight excluding hydrogens is 250 g/mol. The third-order valence-corrected chi connectivity index (χ3v) is 4.32. The number of nitrogens with zero attached hydrogens (tertiary/aromatic N) is 1. The summed E-state index contributed by atoms with van der Waals surface area (Å²) >= 11 is 0. The van der Waals surface area contributed by atoms with Gasteiger partial charge in [0.2, 0.25) is 5.91 Å². The molecule has 1 rings (SSSR count). The molecule has 17 heavy (non-hydrogen) atoms. The van der Waals surface area contributed by atoms with E-state index in [2.05, 4.69) is 0 Å². The second-order valence-corrected chi connectivity index (χ2v) is 6.57. The average molecular weight is 265 g/mol. The number of carboxylic acid groups (broad SMARTS) is 1. The highest BCUT2D eigenvalue weighted by Crippen LogP contribution is 2.20. The first kappa shape index (κ1) is 13.9. The van der Waals surface area contributed by atoms with Gasteiger partial charge in [-0.15, -0.1) is 0 Å². The van der Waals surface area contributed by atoms with Crippen molar-refractivity contribution >= 4 is 21.7 Å². The molecule has 7 nitrogen and oxygen atoms in total. The van der Waals surface area contributed by atoms with Gasteiger partial charge in [-0.2, -0.15) is 0 Å². The van der Waals surface area contributed by atoms with E-state index >= 15 is 0 Å². The lowest BCUT2D eigenvalue weighted by molar-refractivity contribution is -0.147. The largest absolute Gasteiger partial charge is 0.480 e. The van der Waals surface area contributed by atoms with Gasteiger partial charge in [-0.25, -0.2) is 13.2 Å². The molecule has 0 saturated carbocycles. The quantitative estimate of drug-likeness (QED) is 0.640. The van der Waals surface area contributed by atoms with E-state index in [1.54, 1.807) is 0 Å². The molecule has 1 unspecified atom stereocenters. The predicted octanol–water partition coefficient (Wildman–Crippen LogP) is -1.53. The Morgan fingerprint density at radius 2 is 1.94 bits per heavy atom. The maximum atomic E-state index is 11.8. The van der Waals surface area contributed by atoms with Gasteiger partial charge in [0.15, 0.2) is 9.84 Å². The summed E-state index contributed by atoms with van der Waals surface area (Å²) in [4.78, 5) is 23.6. The van der Waals surface area contributed by atoms with E-state index in [4.69, 9.17) is 5.11 Å². The van der Waals surface area contributed by atoms with Crippen LogP contribution in [0.15, 0.2) is 0 Å². The second-order valence-electron chi connectivity index (χ2n) is 4.21. The zero-order valence-corrected chi connectivity index (χ0v) is 10.3. The maximum absolute atomic E-state index is 11.8. The Hall–Kier alpha value is -1.15. The van der Waals surface area contributed by atoms with Crippen molar-refractivity contribution in [3.63, 3.8) is 0 Å². The fourth-order valence-corrected chi connectivity index (χ4v) is 2.21. The summed E-state index contributed by atoms with van der Waals surface area (Å²) in [6.07, 6.45) is -0.0816. The van der Waals surface area contributed by atoms with Crippen molar-refractivity contribution < 1.29 is 28.2 Å². The van der Waals surface area contributed by atoms with Crippen molar-refractivity contribution in [2.75, 3.05) is 12.8 Å². The Morgan fingerprint density at radius 1 is 1.41 bits per heavy atom. The number of β-amino-alcohol motifs (C(OH)–C–C–N with tert-alkyl or cyclic N) is 1. The van der Waals surface area contributed by atoms with Crippen molar-refractivity contribution in [2.45, 2.75) is 30.7 Å². The Morgan fingerprint density at radius 3 is 2.35 bits per heavy atom. The number of likely N-dealkylation sites (tertiary alicyclic amines) is 1. The monoisotopic (exact) mass is 265 g/mol. The summed E-state index contributed by atoms with van der Waals surface area (Å²) < 4.78 is 22.5. The van der Waals surface area contributed by atoms with Crippen molar-refractivity contribution in [3.05, 3.63) is 0 Å². The van der Waals surface area contributed by atoms with E-state index < -0.39 is 39.1 Å². The summed E-state index contributed by atoms with van der Waals surface area (Å²) in [5, 5.41) is 16.9. The number of hydrogen-bond acceptors (Lipinski definition) is 5. The van der Waals surface area contributed by atoms with Crippen LogP contribution >= 0.6 is 0 Å². The molecule has 0 spiro atoms. The number of rotatable bonds is 3. The van der Waals surface area contributed by atoms with Gasteiger partial charge in [0.1, 0.15) is 11.3 Å². The maximum Gasteiger partial charge on any atom is 0.326 e. The number of hydrogen-bond donors (Lipinski definition) is 2. The molecular formula is C9H15NO6S. The highest BCUT2D eigenvalue weighted by atomic mass is 32.2. The number of aliphatic hydroxyl groups is 1. The van der Waals surface area contributed by atoms with Gasteiger partial charge >= 0.3 is 5.97 Å². The lowest BCUT2D eigenvalue weighted by atomic mass is 10.2. The number of carboxylic acids is 1. The third-order valence-electron chi connectivity index (χ3n) is 2.84. The molecule has 3 atom stereocenters. The molecule has 1 saturated heterocycles. The van der Waals surface area contributed by atoms with Gasteiger partial charge < -0.3 is 15.1 Å². The van der Waals surface area contributed by atoms with Crippen molar-refractivity contribution in [2.24, 2.45) is 0 Å². The lowest BCUT2D eigenvalue weighted by Crippen LogP contribution is -2.46. The van der Waals surface area contributed by atoms with Gasteiger partial charge in [0, 0.05) is 19.2 Å². The normalized spacial score (nSPS) is 26.9. The Balaban J connectivity index is 2.92. The van der Waals surface area contributed by atoms with Crippen molar-refractivity contribution in [3.8, 4) is 0 Å². The fraction of sp³-hybridized carbons (Fsp3) is 0.778. The van der Waals surface area contributed by atoms with Crippen LogP contribution in [-0.4, -0.2) is 65.6 Å². The highest BCUT2D eigenvalue weighted by Gasteiger charge is 2.42. The molecule has 0 aliphatic carbocycles. The smallest absolute Gasteiger partial charge is 0.326 e. The minimum atomic E-state index is -3.57. The van der Waals surface area contributed by atoms with E-state index in [-0.39, 0.29) is 13.0 Å². The van der Waals surface area contributed by atoms with E-state index in [0.717, 1.165) is 11.2 Å². The van der Waals surface area contributed by atoms with Crippen LogP contribution in [0, 0.1) is 0 Å². The van der Waals surface area contributed by atoms with Gasteiger partial charge in [-0.1, -0.05) is 0 Å². The van der Waals surface area contributed by atoms with Crippen LogP contribution in [0.4, 0.5) is 0 Å².